The van der Waals surface area contributed by atoms with Gasteiger partial charge in [-0.15, -0.1) is 0 Å². The molecule has 9 nitrogen and oxygen atoms in total. The van der Waals surface area contributed by atoms with Crippen molar-refractivity contribution in [3.63, 3.8) is 0 Å². The second-order valence-electron chi connectivity index (χ2n) is 8.11. The molecule has 0 amide bonds. The summed E-state index contributed by atoms with van der Waals surface area (Å²) in [6, 6.07) is 14.3. The van der Waals surface area contributed by atoms with Crippen LogP contribution in [-0.4, -0.2) is 55.7 Å². The van der Waals surface area contributed by atoms with Gasteiger partial charge in [0.15, 0.2) is 11.6 Å². The molecule has 0 unspecified atom stereocenters. The number of nitrogens with one attached hydrogen (secondary N) is 4. The van der Waals surface area contributed by atoms with Crippen molar-refractivity contribution in [1.29, 1.82) is 0 Å². The third-order valence-electron chi connectivity index (χ3n) is 5.32. The summed E-state index contributed by atoms with van der Waals surface area (Å²) in [6.07, 6.45) is 4.67. The van der Waals surface area contributed by atoms with E-state index >= 15 is 0 Å². The lowest BCUT2D eigenvalue weighted by molar-refractivity contribution is 0.352. The minimum Gasteiger partial charge on any atom is -0.384 e. The van der Waals surface area contributed by atoms with Crippen LogP contribution in [0.3, 0.4) is 0 Å². The van der Waals surface area contributed by atoms with Crippen molar-refractivity contribution < 1.29 is 12.8 Å². The topological polar surface area (TPSA) is 111 Å². The lowest BCUT2D eigenvalue weighted by Gasteiger charge is -2.15. The van der Waals surface area contributed by atoms with Gasteiger partial charge in [0.25, 0.3) is 0 Å². The number of rotatable bonds is 10. The summed E-state index contributed by atoms with van der Waals surface area (Å²) in [5, 5.41) is 9.32. The first kappa shape index (κ1) is 23.7. The van der Waals surface area contributed by atoms with Crippen LogP contribution >= 0.6 is 0 Å². The quantitative estimate of drug-likeness (QED) is 0.341. The van der Waals surface area contributed by atoms with E-state index in [1.807, 2.05) is 24.3 Å². The van der Waals surface area contributed by atoms with E-state index in [0.717, 1.165) is 36.9 Å². The van der Waals surface area contributed by atoms with Gasteiger partial charge in [-0.05, 0) is 62.3 Å². The molecule has 34 heavy (non-hydrogen) atoms. The molecule has 4 N–H and O–H groups in total. The van der Waals surface area contributed by atoms with Gasteiger partial charge in [-0.3, -0.25) is 4.72 Å². The van der Waals surface area contributed by atoms with E-state index in [1.165, 1.54) is 25.9 Å². The molecule has 1 aliphatic rings. The molecule has 1 aromatic heterocycles. The number of halogens is 1. The van der Waals surface area contributed by atoms with Crippen molar-refractivity contribution in [2.24, 2.45) is 0 Å². The van der Waals surface area contributed by atoms with E-state index in [1.54, 1.807) is 24.3 Å². The first-order valence-electron chi connectivity index (χ1n) is 11.1. The van der Waals surface area contributed by atoms with Crippen molar-refractivity contribution in [3.05, 3.63) is 60.5 Å². The van der Waals surface area contributed by atoms with Gasteiger partial charge in [-0.25, -0.2) is 17.8 Å². The van der Waals surface area contributed by atoms with Crippen LogP contribution in [0.2, 0.25) is 0 Å². The standard InChI is InChI=1S/C23H28FN7O2S/c1-34(32,33)30-21-7-3-2-6-20(21)28-22-19(24)16-26-23(29-22)27-18-10-8-17(9-11-18)25-12-15-31-13-4-5-14-31/h2-3,6-11,16,25,30H,4-5,12-15H2,1H3,(H2,26,27,28,29). The minimum absolute atomic E-state index is 0.0829. The Bertz CT molecular complexity index is 1220. The van der Waals surface area contributed by atoms with Crippen molar-refractivity contribution >= 4 is 44.5 Å². The number of para-hydroxylation sites is 2. The monoisotopic (exact) mass is 485 g/mol. The Morgan fingerprint density at radius 1 is 0.971 bits per heavy atom. The van der Waals surface area contributed by atoms with Gasteiger partial charge in [0.05, 0.1) is 23.8 Å². The highest BCUT2D eigenvalue weighted by Crippen LogP contribution is 2.27. The van der Waals surface area contributed by atoms with E-state index in [9.17, 15) is 12.8 Å². The van der Waals surface area contributed by atoms with Crippen LogP contribution in [0.1, 0.15) is 12.8 Å². The Morgan fingerprint density at radius 2 is 1.65 bits per heavy atom. The highest BCUT2D eigenvalue weighted by molar-refractivity contribution is 7.92. The molecule has 4 rings (SSSR count). The number of nitrogens with zero attached hydrogens (tertiary/aromatic N) is 3. The molecular formula is C23H28FN7O2S. The molecule has 2 aromatic carbocycles. The Kier molecular flexibility index (Phi) is 7.43. The van der Waals surface area contributed by atoms with Crippen LogP contribution in [0.25, 0.3) is 0 Å². The number of sulfonamides is 1. The Morgan fingerprint density at radius 3 is 2.35 bits per heavy atom. The molecule has 0 radical (unpaired) electrons. The number of benzene rings is 2. The number of likely N-dealkylation sites (tertiary alicyclic amines) is 1. The number of anilines is 6. The van der Waals surface area contributed by atoms with Gasteiger partial charge in [-0.1, -0.05) is 12.1 Å². The van der Waals surface area contributed by atoms with Crippen LogP contribution in [0.5, 0.6) is 0 Å². The molecule has 180 valence electrons. The Hall–Kier alpha value is -3.44. The summed E-state index contributed by atoms with van der Waals surface area (Å²) in [4.78, 5) is 10.7. The smallest absolute Gasteiger partial charge is 0.229 e. The van der Waals surface area contributed by atoms with Crippen LogP contribution in [0.4, 0.5) is 38.9 Å². The summed E-state index contributed by atoms with van der Waals surface area (Å²) < 4.78 is 40.0. The van der Waals surface area contributed by atoms with E-state index in [0.29, 0.717) is 5.69 Å². The Labute approximate surface area is 198 Å². The van der Waals surface area contributed by atoms with Gasteiger partial charge >= 0.3 is 0 Å². The third-order valence-corrected chi connectivity index (χ3v) is 5.91. The second-order valence-corrected chi connectivity index (χ2v) is 9.86. The van der Waals surface area contributed by atoms with E-state index in [-0.39, 0.29) is 17.5 Å². The molecule has 1 aliphatic heterocycles. The lowest BCUT2D eigenvalue weighted by Crippen LogP contribution is -2.25. The number of aromatic nitrogens is 2. The molecule has 11 heteroatoms. The van der Waals surface area contributed by atoms with E-state index in [2.05, 4.69) is 35.5 Å². The summed E-state index contributed by atoms with van der Waals surface area (Å²) in [6.45, 7) is 4.28. The largest absolute Gasteiger partial charge is 0.384 e. The van der Waals surface area contributed by atoms with Crippen molar-refractivity contribution in [1.82, 2.24) is 14.9 Å². The summed E-state index contributed by atoms with van der Waals surface area (Å²) in [5.41, 5.74) is 2.41. The maximum Gasteiger partial charge on any atom is 0.229 e. The highest BCUT2D eigenvalue weighted by Gasteiger charge is 2.13. The summed E-state index contributed by atoms with van der Waals surface area (Å²) >= 11 is 0. The molecule has 0 aliphatic carbocycles. The minimum atomic E-state index is -3.50. The first-order chi connectivity index (χ1) is 16.4. The SMILES string of the molecule is CS(=O)(=O)Nc1ccccc1Nc1nc(Nc2ccc(NCCN3CCCC3)cc2)ncc1F. The van der Waals surface area contributed by atoms with Gasteiger partial charge in [0, 0.05) is 24.5 Å². The number of hydrogen-bond donors (Lipinski definition) is 4. The fraction of sp³-hybridized carbons (Fsp3) is 0.304. The first-order valence-corrected chi connectivity index (χ1v) is 12.9. The van der Waals surface area contributed by atoms with Crippen LogP contribution < -0.4 is 20.7 Å². The second kappa shape index (κ2) is 10.7. The van der Waals surface area contributed by atoms with Gasteiger partial charge < -0.3 is 20.9 Å². The lowest BCUT2D eigenvalue weighted by atomic mass is 10.2. The predicted molar refractivity (Wildman–Crippen MR) is 134 cm³/mol. The van der Waals surface area contributed by atoms with Crippen molar-refractivity contribution in [3.8, 4) is 0 Å². The van der Waals surface area contributed by atoms with Crippen molar-refractivity contribution in [2.75, 3.05) is 53.1 Å². The number of hydrogen-bond acceptors (Lipinski definition) is 8. The van der Waals surface area contributed by atoms with Gasteiger partial charge in [0.1, 0.15) is 0 Å². The third kappa shape index (κ3) is 6.78. The summed E-state index contributed by atoms with van der Waals surface area (Å²) in [7, 11) is -3.50. The van der Waals surface area contributed by atoms with E-state index in [4.69, 9.17) is 0 Å². The Balaban J connectivity index is 1.39. The molecule has 0 saturated carbocycles. The molecule has 3 aromatic rings. The molecule has 1 saturated heterocycles. The predicted octanol–water partition coefficient (Wildman–Crippen LogP) is 3.98. The maximum absolute atomic E-state index is 14.4. The zero-order valence-electron chi connectivity index (χ0n) is 18.9. The zero-order valence-corrected chi connectivity index (χ0v) is 19.7. The fourth-order valence-corrected chi connectivity index (χ4v) is 4.27. The van der Waals surface area contributed by atoms with Crippen molar-refractivity contribution in [2.45, 2.75) is 12.8 Å². The van der Waals surface area contributed by atoms with E-state index < -0.39 is 15.8 Å². The molecule has 2 heterocycles. The maximum atomic E-state index is 14.4. The van der Waals surface area contributed by atoms with Crippen LogP contribution in [0.15, 0.2) is 54.7 Å². The van der Waals surface area contributed by atoms with Gasteiger partial charge in [-0.2, -0.15) is 4.98 Å². The molecule has 0 spiro atoms. The highest BCUT2D eigenvalue weighted by atomic mass is 32.2. The molecule has 0 atom stereocenters. The average molecular weight is 486 g/mol. The zero-order chi connectivity index (χ0) is 24.0. The van der Waals surface area contributed by atoms with Crippen LogP contribution in [-0.2, 0) is 10.0 Å². The normalized spacial score (nSPS) is 14.1. The molecule has 1 fully saturated rings. The molecular weight excluding hydrogens is 457 g/mol. The molecule has 0 bridgehead atoms. The average Bonchev–Trinajstić information content (AvgIpc) is 3.31. The van der Waals surface area contributed by atoms with Gasteiger partial charge in [0.2, 0.25) is 16.0 Å². The fourth-order valence-electron chi connectivity index (χ4n) is 3.69. The summed E-state index contributed by atoms with van der Waals surface area (Å²) in [5.74, 6) is -0.551. The van der Waals surface area contributed by atoms with Crippen LogP contribution in [0, 0.1) is 5.82 Å².